The predicted octanol–water partition coefficient (Wildman–Crippen LogP) is 7.77. The third-order valence-electron chi connectivity index (χ3n) is 13.3. The van der Waals surface area contributed by atoms with Crippen LogP contribution in [0, 0.1) is 5.92 Å². The van der Waals surface area contributed by atoms with Crippen molar-refractivity contribution < 1.29 is 90.8 Å². The highest BCUT2D eigenvalue weighted by Gasteiger charge is 2.60. The van der Waals surface area contributed by atoms with Gasteiger partial charge in [-0.05, 0) is 82.3 Å². The quantitative estimate of drug-likeness (QED) is 0.140. The number of nitrogens with two attached hydrogens (primary N) is 1. The van der Waals surface area contributed by atoms with E-state index in [2.05, 4.69) is 35.7 Å². The van der Waals surface area contributed by atoms with E-state index in [1.54, 1.807) is 0 Å². The third kappa shape index (κ3) is 10.9. The van der Waals surface area contributed by atoms with Crippen LogP contribution in [0.15, 0.2) is 21.0 Å². The van der Waals surface area contributed by atoms with Crippen molar-refractivity contribution in [2.24, 2.45) is 5.92 Å². The summed E-state index contributed by atoms with van der Waals surface area (Å²) in [5.41, 5.74) is -10.3. The fourth-order valence-electron chi connectivity index (χ4n) is 9.18. The van der Waals surface area contributed by atoms with Crippen LogP contribution in [0.5, 0.6) is 0 Å². The summed E-state index contributed by atoms with van der Waals surface area (Å²) in [5, 5.41) is 38.2. The molecule has 0 radical (unpaired) electrons. The van der Waals surface area contributed by atoms with E-state index >= 15 is 13.2 Å². The molecule has 5 N–H and O–H groups in total. The summed E-state index contributed by atoms with van der Waals surface area (Å²) in [4.78, 5) is 38.5. The molecule has 0 aliphatic carbocycles. The topological polar surface area (TPSA) is 241 Å². The standard InChI is InChI=1S/C43H46F12N10O8/c44-40(45,46)23-17-25(56)30-32-60-62-36(72-32)38(68,42(50,51)52)12-4-2-6-14-65(35(67)29(23)58-30)22-7-8-27(71-20-22)57-26-18-24(41(47,48)49)28-34(66)64(19-21-9-15-70-16-10-21)13-5-1-3-11-39(69,43(53,54)55)37-63-61-33(73-37)31(26)59-28/h17-18,21-22,27,57,68-69H,1-16,19-20,56H2/t22?,27?,38-,39-/m1/s1. The van der Waals surface area contributed by atoms with Crippen LogP contribution in [-0.4, -0.2) is 126 Å². The smallest absolute Gasteiger partial charge is 0.416 e. The van der Waals surface area contributed by atoms with Crippen molar-refractivity contribution in [2.45, 2.75) is 125 Å². The summed E-state index contributed by atoms with van der Waals surface area (Å²) in [5.74, 6) is -7.32. The Bertz CT molecular complexity index is 2650. The molecular formula is C43H46F12N10O8. The molecule has 8 heterocycles. The Morgan fingerprint density at radius 3 is 1.74 bits per heavy atom. The molecule has 0 spiro atoms. The number of anilines is 2. The number of nitrogen functional groups attached to an aromatic ring is 1. The van der Waals surface area contributed by atoms with Crippen molar-refractivity contribution >= 4 is 23.2 Å². The van der Waals surface area contributed by atoms with E-state index < -0.39 is 155 Å². The first-order chi connectivity index (χ1) is 34.2. The van der Waals surface area contributed by atoms with E-state index in [-0.39, 0.29) is 70.4 Å². The number of fused-ring (bicyclic) bond motifs is 10. The minimum absolute atomic E-state index is 0.00520. The van der Waals surface area contributed by atoms with Crippen LogP contribution >= 0.6 is 0 Å². The molecule has 2 amide bonds. The van der Waals surface area contributed by atoms with Gasteiger partial charge >= 0.3 is 24.7 Å². The SMILES string of the molecule is Nc1cc(C(F)(F)F)c2nc1-c1nnc(o1)[C@@](O)(C(F)(F)F)CCCCCN(C1CCC(Nc3cc(C(F)(F)F)c4nc3-c3nnc(o3)[C@@](O)(C(F)(F)F)CCCCCN(CC3CCOCC3)C4=O)OC1)C2=O. The maximum Gasteiger partial charge on any atom is 0.426 e. The summed E-state index contributed by atoms with van der Waals surface area (Å²) < 4.78 is 197. The summed E-state index contributed by atoms with van der Waals surface area (Å²) >= 11 is 0. The molecule has 0 saturated carbocycles. The highest BCUT2D eigenvalue weighted by Crippen LogP contribution is 2.46. The number of hydrogen-bond donors (Lipinski definition) is 4. The summed E-state index contributed by atoms with van der Waals surface area (Å²) in [7, 11) is 0. The molecule has 4 aliphatic rings. The first kappa shape index (κ1) is 53.4. The zero-order chi connectivity index (χ0) is 52.9. The number of nitrogens with one attached hydrogen (secondary N) is 1. The molecule has 4 aliphatic heterocycles. The van der Waals surface area contributed by atoms with Crippen molar-refractivity contribution in [3.63, 3.8) is 0 Å². The lowest BCUT2D eigenvalue weighted by molar-refractivity contribution is -0.277. The van der Waals surface area contributed by atoms with Crippen LogP contribution in [0.2, 0.25) is 0 Å². The number of carbonyl (C=O) groups excluding carboxylic acids is 2. The maximum absolute atomic E-state index is 15.1. The number of alkyl halides is 12. The summed E-state index contributed by atoms with van der Waals surface area (Å²) in [6.45, 7) is -0.569. The molecule has 18 nitrogen and oxygen atoms in total. The van der Waals surface area contributed by atoms with Crippen LogP contribution < -0.4 is 11.1 Å². The summed E-state index contributed by atoms with van der Waals surface area (Å²) in [6.07, 6.45) is -25.2. The van der Waals surface area contributed by atoms with Crippen LogP contribution in [0.4, 0.5) is 64.1 Å². The Labute approximate surface area is 405 Å². The average Bonchev–Trinajstić information content (AvgIpc) is 4.03. The molecule has 8 rings (SSSR count). The largest absolute Gasteiger partial charge is 0.426 e. The highest BCUT2D eigenvalue weighted by molar-refractivity contribution is 5.96. The number of nitrogens with zero attached hydrogens (tertiary/aromatic N) is 8. The van der Waals surface area contributed by atoms with E-state index in [9.17, 15) is 59.3 Å². The first-order valence-corrected chi connectivity index (χ1v) is 23.0. The molecule has 2 saturated heterocycles. The van der Waals surface area contributed by atoms with Gasteiger partial charge in [0.05, 0.1) is 35.2 Å². The van der Waals surface area contributed by atoms with Crippen LogP contribution in [0.1, 0.15) is 121 Å². The number of halogens is 12. The van der Waals surface area contributed by atoms with Gasteiger partial charge in [0.15, 0.2) is 11.4 Å². The molecule has 4 aromatic rings. The average molecular weight is 1060 g/mol. The minimum atomic E-state index is -5.38. The van der Waals surface area contributed by atoms with E-state index in [1.807, 2.05) is 0 Å². The first-order valence-electron chi connectivity index (χ1n) is 23.0. The van der Waals surface area contributed by atoms with Gasteiger partial charge in [-0.2, -0.15) is 52.7 Å². The van der Waals surface area contributed by atoms with Crippen LogP contribution in [-0.2, 0) is 33.0 Å². The number of carbonyl (C=O) groups is 2. The zero-order valence-electron chi connectivity index (χ0n) is 38.1. The van der Waals surface area contributed by atoms with E-state index in [4.69, 9.17) is 24.0 Å². The van der Waals surface area contributed by atoms with Crippen molar-refractivity contribution in [1.29, 1.82) is 0 Å². The highest BCUT2D eigenvalue weighted by atomic mass is 19.4. The maximum atomic E-state index is 15.1. The molecule has 400 valence electrons. The molecular weight excluding hydrogens is 1010 g/mol. The monoisotopic (exact) mass is 1060 g/mol. The number of pyridine rings is 2. The van der Waals surface area contributed by atoms with Crippen LogP contribution in [0.3, 0.4) is 0 Å². The van der Waals surface area contributed by atoms with Gasteiger partial charge in [-0.15, -0.1) is 20.4 Å². The Morgan fingerprint density at radius 1 is 0.658 bits per heavy atom. The lowest BCUT2D eigenvalue weighted by atomic mass is 9.95. The second-order valence-electron chi connectivity index (χ2n) is 18.3. The number of ether oxygens (including phenoxy) is 2. The van der Waals surface area contributed by atoms with E-state index in [1.165, 1.54) is 0 Å². The Hall–Kier alpha value is -5.88. The molecule has 4 aromatic heterocycles. The fraction of sp³-hybridized carbons (Fsp3) is 0.628. The molecule has 30 heteroatoms. The van der Waals surface area contributed by atoms with Crippen molar-refractivity contribution in [3.8, 4) is 23.2 Å². The molecule has 2 unspecified atom stereocenters. The Balaban J connectivity index is 1.13. The van der Waals surface area contributed by atoms with Gasteiger partial charge in [0.1, 0.15) is 17.6 Å². The lowest BCUT2D eigenvalue weighted by Gasteiger charge is -2.38. The van der Waals surface area contributed by atoms with Crippen molar-refractivity contribution in [3.05, 3.63) is 46.4 Å². The van der Waals surface area contributed by atoms with Crippen molar-refractivity contribution in [1.82, 2.24) is 40.2 Å². The molecule has 73 heavy (non-hydrogen) atoms. The Morgan fingerprint density at radius 2 is 1.19 bits per heavy atom. The van der Waals surface area contributed by atoms with E-state index in [0.29, 0.717) is 38.2 Å². The van der Waals surface area contributed by atoms with Gasteiger partial charge in [-0.3, -0.25) is 9.59 Å². The molecule has 8 bridgehead atoms. The van der Waals surface area contributed by atoms with Gasteiger partial charge in [-0.25, -0.2) is 9.97 Å². The van der Waals surface area contributed by atoms with Crippen LogP contribution in [0.25, 0.3) is 23.2 Å². The lowest BCUT2D eigenvalue weighted by Crippen LogP contribution is -2.48. The van der Waals surface area contributed by atoms with Gasteiger partial charge in [0.2, 0.25) is 11.2 Å². The molecule has 0 aromatic carbocycles. The number of hydrogen-bond acceptors (Lipinski definition) is 16. The predicted molar refractivity (Wildman–Crippen MR) is 223 cm³/mol. The van der Waals surface area contributed by atoms with Gasteiger partial charge < -0.3 is 49.4 Å². The van der Waals surface area contributed by atoms with Gasteiger partial charge in [0.25, 0.3) is 35.4 Å². The molecule has 4 atom stereocenters. The zero-order valence-corrected chi connectivity index (χ0v) is 38.1. The number of aromatic nitrogens is 6. The number of rotatable bonds is 5. The number of amides is 2. The van der Waals surface area contributed by atoms with Gasteiger partial charge in [-0.1, -0.05) is 12.8 Å². The normalized spacial score (nSPS) is 24.8. The minimum Gasteiger partial charge on any atom is -0.416 e. The third-order valence-corrected chi connectivity index (χ3v) is 13.3. The summed E-state index contributed by atoms with van der Waals surface area (Å²) in [6, 6.07) is -0.402. The number of aliphatic hydroxyl groups is 2. The fourth-order valence-corrected chi connectivity index (χ4v) is 9.18. The Kier molecular flexibility index (Phi) is 14.7. The van der Waals surface area contributed by atoms with E-state index in [0.717, 1.165) is 9.80 Å². The van der Waals surface area contributed by atoms with Gasteiger partial charge in [0, 0.05) is 32.8 Å². The second kappa shape index (κ2) is 20.1. The van der Waals surface area contributed by atoms with Crippen molar-refractivity contribution in [2.75, 3.05) is 50.5 Å². The second-order valence-corrected chi connectivity index (χ2v) is 18.3. The molecule has 2 fully saturated rings.